The van der Waals surface area contributed by atoms with Crippen LogP contribution in [-0.4, -0.2) is 34.6 Å². The highest BCUT2D eigenvalue weighted by Gasteiger charge is 2.22. The van der Waals surface area contributed by atoms with Crippen molar-refractivity contribution in [1.82, 2.24) is 9.99 Å². The van der Waals surface area contributed by atoms with Crippen LogP contribution >= 0.6 is 0 Å². The molecule has 0 saturated heterocycles. The fraction of sp³-hybridized carbons (Fsp3) is 0.176. The molecule has 128 valence electrons. The number of ether oxygens (including phenoxy) is 1. The van der Waals surface area contributed by atoms with Crippen LogP contribution in [0, 0.1) is 5.82 Å². The summed E-state index contributed by atoms with van der Waals surface area (Å²) in [6.45, 7) is 0. The molecule has 1 aliphatic rings. The van der Waals surface area contributed by atoms with Crippen molar-refractivity contribution in [3.8, 4) is 11.5 Å². The van der Waals surface area contributed by atoms with E-state index in [1.54, 1.807) is 12.1 Å². The van der Waals surface area contributed by atoms with Crippen molar-refractivity contribution >= 4 is 23.3 Å². The molecule has 1 aliphatic heterocycles. The first-order chi connectivity index (χ1) is 12.0. The van der Waals surface area contributed by atoms with E-state index in [0.29, 0.717) is 23.7 Å². The highest BCUT2D eigenvalue weighted by atomic mass is 19.1. The predicted molar refractivity (Wildman–Crippen MR) is 88.8 cm³/mol. The minimum Gasteiger partial charge on any atom is -0.456 e. The molecule has 2 heterocycles. The van der Waals surface area contributed by atoms with Crippen molar-refractivity contribution in [2.75, 3.05) is 12.4 Å². The van der Waals surface area contributed by atoms with Crippen LogP contribution in [0.5, 0.6) is 11.5 Å². The van der Waals surface area contributed by atoms with Gasteiger partial charge in [0.05, 0.1) is 6.20 Å². The standard InChI is InChI=1S/C17H15FN4O3/c1-22-16(23)9-7-14(21-22)17(24)20-15-8-6-13(10-19-15)25-12-4-2-11(18)3-5-12/h2-6,8,10H,7,9H2,1H3,(H,19,20,24). The molecule has 1 N–H and O–H groups in total. The lowest BCUT2D eigenvalue weighted by atomic mass is 10.1. The lowest BCUT2D eigenvalue weighted by Crippen LogP contribution is -2.34. The Morgan fingerprint density at radius 3 is 2.52 bits per heavy atom. The van der Waals surface area contributed by atoms with Crippen molar-refractivity contribution in [1.29, 1.82) is 0 Å². The number of benzene rings is 1. The first-order valence-corrected chi connectivity index (χ1v) is 7.56. The highest BCUT2D eigenvalue weighted by Crippen LogP contribution is 2.21. The second-order valence-corrected chi connectivity index (χ2v) is 5.35. The van der Waals surface area contributed by atoms with Gasteiger partial charge in [0.15, 0.2) is 0 Å². The molecule has 0 bridgehead atoms. The average Bonchev–Trinajstić information content (AvgIpc) is 2.61. The van der Waals surface area contributed by atoms with Gasteiger partial charge in [0.1, 0.15) is 28.8 Å². The average molecular weight is 342 g/mol. The zero-order valence-corrected chi connectivity index (χ0v) is 13.4. The van der Waals surface area contributed by atoms with Crippen LogP contribution in [0.4, 0.5) is 10.2 Å². The molecular weight excluding hydrogens is 327 g/mol. The fourth-order valence-corrected chi connectivity index (χ4v) is 2.17. The van der Waals surface area contributed by atoms with Gasteiger partial charge in [-0.25, -0.2) is 14.4 Å². The van der Waals surface area contributed by atoms with Crippen molar-refractivity contribution in [3.63, 3.8) is 0 Å². The number of pyridine rings is 1. The van der Waals surface area contributed by atoms with Crippen LogP contribution in [0.1, 0.15) is 12.8 Å². The summed E-state index contributed by atoms with van der Waals surface area (Å²) >= 11 is 0. The second kappa shape index (κ2) is 7.08. The van der Waals surface area contributed by atoms with Crippen molar-refractivity contribution in [2.24, 2.45) is 5.10 Å². The third kappa shape index (κ3) is 4.17. The number of nitrogens with one attached hydrogen (secondary N) is 1. The molecule has 25 heavy (non-hydrogen) atoms. The Balaban J connectivity index is 1.62. The molecule has 1 aromatic heterocycles. The molecule has 7 nitrogen and oxygen atoms in total. The molecule has 0 atom stereocenters. The zero-order valence-electron chi connectivity index (χ0n) is 13.4. The van der Waals surface area contributed by atoms with E-state index in [1.807, 2.05) is 0 Å². The van der Waals surface area contributed by atoms with Crippen LogP contribution in [0.15, 0.2) is 47.7 Å². The third-order valence-electron chi connectivity index (χ3n) is 3.50. The number of halogens is 1. The number of nitrogens with zero attached hydrogens (tertiary/aromatic N) is 3. The van der Waals surface area contributed by atoms with E-state index >= 15 is 0 Å². The van der Waals surface area contributed by atoms with E-state index in [1.165, 1.54) is 37.5 Å². The Morgan fingerprint density at radius 1 is 1.16 bits per heavy atom. The predicted octanol–water partition coefficient (Wildman–Crippen LogP) is 2.56. The Bertz CT molecular complexity index is 819. The van der Waals surface area contributed by atoms with E-state index in [4.69, 9.17) is 4.74 Å². The number of anilines is 1. The van der Waals surface area contributed by atoms with Gasteiger partial charge in [-0.2, -0.15) is 5.10 Å². The molecule has 3 rings (SSSR count). The summed E-state index contributed by atoms with van der Waals surface area (Å²) in [5.74, 6) is 0.380. The molecule has 8 heteroatoms. The smallest absolute Gasteiger partial charge is 0.273 e. The lowest BCUT2D eigenvalue weighted by Gasteiger charge is -2.18. The van der Waals surface area contributed by atoms with E-state index in [2.05, 4.69) is 15.4 Å². The van der Waals surface area contributed by atoms with Gasteiger partial charge in [-0.15, -0.1) is 0 Å². The number of aromatic nitrogens is 1. The van der Waals surface area contributed by atoms with E-state index in [9.17, 15) is 14.0 Å². The van der Waals surface area contributed by atoms with Gasteiger partial charge in [-0.05, 0) is 36.4 Å². The van der Waals surface area contributed by atoms with Crippen LogP contribution in [0.3, 0.4) is 0 Å². The molecule has 0 saturated carbocycles. The van der Waals surface area contributed by atoms with Gasteiger partial charge in [-0.1, -0.05) is 0 Å². The number of carbonyl (C=O) groups excluding carboxylic acids is 2. The molecule has 0 spiro atoms. The van der Waals surface area contributed by atoms with E-state index in [-0.39, 0.29) is 23.9 Å². The Kier molecular flexibility index (Phi) is 4.69. The first kappa shape index (κ1) is 16.6. The molecule has 0 aliphatic carbocycles. The number of hydrogen-bond acceptors (Lipinski definition) is 5. The Hall–Kier alpha value is -3.29. The van der Waals surface area contributed by atoms with Crippen molar-refractivity contribution < 1.29 is 18.7 Å². The quantitative estimate of drug-likeness (QED) is 0.925. The topological polar surface area (TPSA) is 83.9 Å². The van der Waals surface area contributed by atoms with Crippen molar-refractivity contribution in [3.05, 3.63) is 48.4 Å². The summed E-state index contributed by atoms with van der Waals surface area (Å²) in [6, 6.07) is 8.81. The van der Waals surface area contributed by atoms with Gasteiger partial charge >= 0.3 is 0 Å². The maximum atomic E-state index is 12.9. The highest BCUT2D eigenvalue weighted by molar-refractivity contribution is 6.43. The summed E-state index contributed by atoms with van der Waals surface area (Å²) in [5.41, 5.74) is 0.274. The van der Waals surface area contributed by atoms with E-state index < -0.39 is 5.91 Å². The molecule has 2 amide bonds. The maximum Gasteiger partial charge on any atom is 0.273 e. The van der Waals surface area contributed by atoms with Crippen LogP contribution in [0.25, 0.3) is 0 Å². The molecular formula is C17H15FN4O3. The molecule has 0 fully saturated rings. The fourth-order valence-electron chi connectivity index (χ4n) is 2.17. The summed E-state index contributed by atoms with van der Waals surface area (Å²) in [4.78, 5) is 27.6. The molecule has 0 unspecified atom stereocenters. The summed E-state index contributed by atoms with van der Waals surface area (Å²) in [6.07, 6.45) is 1.98. The van der Waals surface area contributed by atoms with Crippen LogP contribution < -0.4 is 10.1 Å². The number of amides is 2. The number of hydrazone groups is 1. The first-order valence-electron chi connectivity index (χ1n) is 7.56. The molecule has 2 aromatic rings. The monoisotopic (exact) mass is 342 g/mol. The van der Waals surface area contributed by atoms with Crippen molar-refractivity contribution in [2.45, 2.75) is 12.8 Å². The zero-order chi connectivity index (χ0) is 17.8. The number of hydrogen-bond donors (Lipinski definition) is 1. The third-order valence-corrected chi connectivity index (χ3v) is 3.50. The summed E-state index contributed by atoms with van der Waals surface area (Å²) in [5, 5.41) is 7.72. The van der Waals surface area contributed by atoms with Crippen LogP contribution in [0.2, 0.25) is 0 Å². The lowest BCUT2D eigenvalue weighted by molar-refractivity contribution is -0.130. The number of carbonyl (C=O) groups is 2. The van der Waals surface area contributed by atoms with Gasteiger partial charge in [-0.3, -0.25) is 9.59 Å². The Morgan fingerprint density at radius 2 is 1.88 bits per heavy atom. The second-order valence-electron chi connectivity index (χ2n) is 5.35. The summed E-state index contributed by atoms with van der Waals surface area (Å²) in [7, 11) is 1.51. The molecule has 1 aromatic carbocycles. The minimum absolute atomic E-state index is 0.128. The summed E-state index contributed by atoms with van der Waals surface area (Å²) < 4.78 is 18.4. The van der Waals surface area contributed by atoms with Gasteiger partial charge in [0.2, 0.25) is 5.91 Å². The molecule has 0 radical (unpaired) electrons. The number of rotatable bonds is 4. The van der Waals surface area contributed by atoms with Crippen LogP contribution in [-0.2, 0) is 9.59 Å². The normalized spacial score (nSPS) is 14.1. The van der Waals surface area contributed by atoms with Gasteiger partial charge in [0, 0.05) is 19.9 Å². The largest absolute Gasteiger partial charge is 0.456 e. The van der Waals surface area contributed by atoms with Gasteiger partial charge in [0.25, 0.3) is 5.91 Å². The SMILES string of the molecule is CN1N=C(C(=O)Nc2ccc(Oc3ccc(F)cc3)cn2)CCC1=O. The minimum atomic E-state index is -0.404. The van der Waals surface area contributed by atoms with E-state index in [0.717, 1.165) is 5.01 Å². The Labute approximate surface area is 143 Å². The van der Waals surface area contributed by atoms with Gasteiger partial charge < -0.3 is 10.1 Å². The maximum absolute atomic E-state index is 12.9.